The van der Waals surface area contributed by atoms with Crippen molar-refractivity contribution < 1.29 is 4.79 Å². The van der Waals surface area contributed by atoms with E-state index in [1.54, 1.807) is 7.05 Å². The minimum Gasteiger partial charge on any atom is -0.341 e. The molecule has 0 saturated heterocycles. The van der Waals surface area contributed by atoms with E-state index in [0.29, 0.717) is 6.54 Å². The number of urea groups is 1. The summed E-state index contributed by atoms with van der Waals surface area (Å²) in [5.74, 6) is 0. The smallest absolute Gasteiger partial charge is 0.314 e. The molecule has 0 aromatic rings. The molecule has 0 aliphatic heterocycles. The van der Waals surface area contributed by atoms with Crippen molar-refractivity contribution in [3.63, 3.8) is 0 Å². The zero-order valence-corrected chi connectivity index (χ0v) is 8.98. The molecule has 2 amide bonds. The lowest BCUT2D eigenvalue weighted by molar-refractivity contribution is 0.240. The number of nitrogens with one attached hydrogen (secondary N) is 2. The van der Waals surface area contributed by atoms with Crippen LogP contribution in [-0.4, -0.2) is 25.7 Å². The molecule has 0 radical (unpaired) electrons. The Hall–Kier alpha value is -0.770. The summed E-state index contributed by atoms with van der Waals surface area (Å²) in [6, 6.07) is -0.151. The molecule has 0 aromatic carbocycles. The second-order valence-electron chi connectivity index (χ2n) is 4.48. The summed E-state index contributed by atoms with van der Waals surface area (Å²) >= 11 is 0. The largest absolute Gasteiger partial charge is 0.341 e. The fraction of sp³-hybridized carbons (Fsp3) is 0.889. The topological polar surface area (TPSA) is 67.2 Å². The maximum Gasteiger partial charge on any atom is 0.314 e. The first kappa shape index (κ1) is 12.2. The third-order valence-corrected chi connectivity index (χ3v) is 1.63. The molecule has 0 heterocycles. The number of rotatable bonds is 3. The van der Waals surface area contributed by atoms with E-state index in [-0.39, 0.29) is 17.5 Å². The van der Waals surface area contributed by atoms with Gasteiger partial charge in [0.1, 0.15) is 0 Å². The number of carbonyl (C=O) groups excluding carboxylic acids is 1. The molecule has 0 spiro atoms. The Bertz CT molecular complexity index is 163. The zero-order chi connectivity index (χ0) is 10.5. The molecule has 0 bridgehead atoms. The third-order valence-electron chi connectivity index (χ3n) is 1.63. The number of carbonyl (C=O) groups is 1. The van der Waals surface area contributed by atoms with Gasteiger partial charge in [-0.3, -0.25) is 0 Å². The van der Waals surface area contributed by atoms with Crippen molar-refractivity contribution in [3.8, 4) is 0 Å². The van der Waals surface area contributed by atoms with Crippen LogP contribution in [0.3, 0.4) is 0 Å². The van der Waals surface area contributed by atoms with Crippen LogP contribution in [0.1, 0.15) is 27.2 Å². The second kappa shape index (κ2) is 5.07. The zero-order valence-electron chi connectivity index (χ0n) is 8.98. The van der Waals surface area contributed by atoms with E-state index in [1.807, 2.05) is 0 Å². The van der Waals surface area contributed by atoms with E-state index < -0.39 is 0 Å². The van der Waals surface area contributed by atoms with Gasteiger partial charge in [0.25, 0.3) is 0 Å². The lowest BCUT2D eigenvalue weighted by atomic mass is 9.88. The molecule has 0 fully saturated rings. The average Bonchev–Trinajstić information content (AvgIpc) is 1.97. The first-order valence-electron chi connectivity index (χ1n) is 4.56. The van der Waals surface area contributed by atoms with Crippen molar-refractivity contribution in [2.75, 3.05) is 13.6 Å². The van der Waals surface area contributed by atoms with Gasteiger partial charge in [-0.15, -0.1) is 0 Å². The van der Waals surface area contributed by atoms with Crippen LogP contribution in [0.5, 0.6) is 0 Å². The van der Waals surface area contributed by atoms with E-state index >= 15 is 0 Å². The Labute approximate surface area is 80.3 Å². The van der Waals surface area contributed by atoms with Crippen molar-refractivity contribution in [2.45, 2.75) is 33.2 Å². The van der Waals surface area contributed by atoms with Crippen LogP contribution in [0.4, 0.5) is 4.79 Å². The standard InChI is InChI=1S/C9H21N3O/c1-9(2,3)5-7(10)6-12-8(13)11-4/h7H,5-6,10H2,1-4H3,(H2,11,12,13). The molecular weight excluding hydrogens is 166 g/mol. The lowest BCUT2D eigenvalue weighted by Gasteiger charge is -2.23. The fourth-order valence-corrected chi connectivity index (χ4v) is 1.17. The first-order valence-corrected chi connectivity index (χ1v) is 4.56. The average molecular weight is 187 g/mol. The molecule has 4 nitrogen and oxygen atoms in total. The van der Waals surface area contributed by atoms with Gasteiger partial charge >= 0.3 is 6.03 Å². The van der Waals surface area contributed by atoms with E-state index in [1.165, 1.54) is 0 Å². The minimum absolute atomic E-state index is 0.0253. The number of hydrogen-bond donors (Lipinski definition) is 3. The Morgan fingerprint density at radius 3 is 2.38 bits per heavy atom. The van der Waals surface area contributed by atoms with Gasteiger partial charge in [-0.2, -0.15) is 0 Å². The molecule has 1 unspecified atom stereocenters. The van der Waals surface area contributed by atoms with Crippen LogP contribution in [0.15, 0.2) is 0 Å². The van der Waals surface area contributed by atoms with Crippen LogP contribution < -0.4 is 16.4 Å². The minimum atomic E-state index is -0.177. The predicted octanol–water partition coefficient (Wildman–Crippen LogP) is 0.679. The highest BCUT2D eigenvalue weighted by molar-refractivity contribution is 5.73. The molecule has 1 atom stereocenters. The van der Waals surface area contributed by atoms with Crippen LogP contribution in [0.2, 0.25) is 0 Å². The maximum absolute atomic E-state index is 10.8. The summed E-state index contributed by atoms with van der Waals surface area (Å²) in [4.78, 5) is 10.8. The third kappa shape index (κ3) is 7.59. The van der Waals surface area contributed by atoms with Crippen LogP contribution in [-0.2, 0) is 0 Å². The highest BCUT2D eigenvalue weighted by atomic mass is 16.2. The van der Waals surface area contributed by atoms with Gasteiger partial charge in [0.2, 0.25) is 0 Å². The summed E-state index contributed by atoms with van der Waals surface area (Å²) in [5.41, 5.74) is 6.03. The molecular formula is C9H21N3O. The van der Waals surface area contributed by atoms with Crippen LogP contribution in [0.25, 0.3) is 0 Å². The highest BCUT2D eigenvalue weighted by Crippen LogP contribution is 2.19. The fourth-order valence-electron chi connectivity index (χ4n) is 1.17. The molecule has 4 N–H and O–H groups in total. The Morgan fingerprint density at radius 2 is 2.00 bits per heavy atom. The van der Waals surface area contributed by atoms with Crippen LogP contribution in [0, 0.1) is 5.41 Å². The number of nitrogens with two attached hydrogens (primary N) is 1. The van der Waals surface area contributed by atoms with E-state index in [0.717, 1.165) is 6.42 Å². The molecule has 0 saturated carbocycles. The van der Waals surface area contributed by atoms with E-state index in [4.69, 9.17) is 5.73 Å². The van der Waals surface area contributed by atoms with Crippen LogP contribution >= 0.6 is 0 Å². The summed E-state index contributed by atoms with van der Waals surface area (Å²) < 4.78 is 0. The predicted molar refractivity (Wildman–Crippen MR) is 54.5 cm³/mol. The van der Waals surface area contributed by atoms with Gasteiger partial charge in [-0.05, 0) is 11.8 Å². The molecule has 13 heavy (non-hydrogen) atoms. The van der Waals surface area contributed by atoms with Gasteiger partial charge in [-0.1, -0.05) is 20.8 Å². The summed E-state index contributed by atoms with van der Waals surface area (Å²) in [5, 5.41) is 5.16. The Morgan fingerprint density at radius 1 is 1.46 bits per heavy atom. The van der Waals surface area contributed by atoms with Crippen molar-refractivity contribution in [1.82, 2.24) is 10.6 Å². The molecule has 0 aliphatic rings. The molecule has 0 aliphatic carbocycles. The van der Waals surface area contributed by atoms with Crippen molar-refractivity contribution >= 4 is 6.03 Å². The van der Waals surface area contributed by atoms with Crippen molar-refractivity contribution in [2.24, 2.45) is 11.1 Å². The molecule has 0 aromatic heterocycles. The number of amides is 2. The summed E-state index contributed by atoms with van der Waals surface area (Å²) in [6.07, 6.45) is 0.900. The Balaban J connectivity index is 3.63. The SMILES string of the molecule is CNC(=O)NCC(N)CC(C)(C)C. The van der Waals surface area contributed by atoms with E-state index in [2.05, 4.69) is 31.4 Å². The molecule has 78 valence electrons. The van der Waals surface area contributed by atoms with Gasteiger partial charge < -0.3 is 16.4 Å². The van der Waals surface area contributed by atoms with E-state index in [9.17, 15) is 4.79 Å². The summed E-state index contributed by atoms with van der Waals surface area (Å²) in [6.45, 7) is 6.92. The van der Waals surface area contributed by atoms with Crippen molar-refractivity contribution in [3.05, 3.63) is 0 Å². The summed E-state index contributed by atoms with van der Waals surface area (Å²) in [7, 11) is 1.59. The number of hydrogen-bond acceptors (Lipinski definition) is 2. The van der Waals surface area contributed by atoms with Gasteiger partial charge in [0, 0.05) is 19.6 Å². The quantitative estimate of drug-likeness (QED) is 0.608. The second-order valence-corrected chi connectivity index (χ2v) is 4.48. The van der Waals surface area contributed by atoms with Gasteiger partial charge in [-0.25, -0.2) is 4.79 Å². The normalized spacial score (nSPS) is 13.6. The lowest BCUT2D eigenvalue weighted by Crippen LogP contribution is -2.42. The molecule has 4 heteroatoms. The Kier molecular flexibility index (Phi) is 4.77. The van der Waals surface area contributed by atoms with Gasteiger partial charge in [0.05, 0.1) is 0 Å². The maximum atomic E-state index is 10.8. The van der Waals surface area contributed by atoms with Crippen molar-refractivity contribution in [1.29, 1.82) is 0 Å². The molecule has 0 rings (SSSR count). The monoisotopic (exact) mass is 187 g/mol. The highest BCUT2D eigenvalue weighted by Gasteiger charge is 2.15. The first-order chi connectivity index (χ1) is 5.85. The van der Waals surface area contributed by atoms with Gasteiger partial charge in [0.15, 0.2) is 0 Å².